The quantitative estimate of drug-likeness (QED) is 0.325. The van der Waals surface area contributed by atoms with Crippen LogP contribution in [0.25, 0.3) is 28.0 Å². The van der Waals surface area contributed by atoms with Crippen molar-refractivity contribution in [2.45, 2.75) is 56.7 Å². The van der Waals surface area contributed by atoms with Gasteiger partial charge in [0.05, 0.1) is 29.8 Å². The Balaban J connectivity index is 1.38. The first kappa shape index (κ1) is 25.1. The van der Waals surface area contributed by atoms with E-state index in [2.05, 4.69) is 10.1 Å². The van der Waals surface area contributed by atoms with E-state index in [1.165, 1.54) is 11.4 Å². The number of pyridine rings is 1. The van der Waals surface area contributed by atoms with Crippen molar-refractivity contribution >= 4 is 23.2 Å². The van der Waals surface area contributed by atoms with Gasteiger partial charge in [0.15, 0.2) is 17.5 Å². The summed E-state index contributed by atoms with van der Waals surface area (Å²) < 4.78 is 1.51. The molecule has 200 valence electrons. The zero-order valence-electron chi connectivity index (χ0n) is 21.6. The molecule has 5 heterocycles. The smallest absolute Gasteiger partial charge is 0.254 e. The lowest BCUT2D eigenvalue weighted by atomic mass is 9.85. The predicted octanol–water partition coefficient (Wildman–Crippen LogP) is 2.83. The molecule has 10 heteroatoms. The fourth-order valence-electron chi connectivity index (χ4n) is 6.24. The first-order chi connectivity index (χ1) is 18.9. The lowest BCUT2D eigenvalue weighted by Crippen LogP contribution is -2.51. The molecule has 1 aromatic carbocycles. The molecule has 3 atom stereocenters. The molecule has 2 aliphatic rings. The number of rotatable bonds is 6. The number of anilines is 1. The van der Waals surface area contributed by atoms with Crippen molar-refractivity contribution in [2.75, 3.05) is 12.3 Å². The third kappa shape index (κ3) is 4.25. The van der Waals surface area contributed by atoms with Crippen LogP contribution >= 0.6 is 0 Å². The van der Waals surface area contributed by atoms with Gasteiger partial charge in [-0.1, -0.05) is 36.4 Å². The van der Waals surface area contributed by atoms with E-state index in [1.807, 2.05) is 42.5 Å². The molecule has 2 fully saturated rings. The molecule has 0 aliphatic carbocycles. The van der Waals surface area contributed by atoms with Gasteiger partial charge in [0, 0.05) is 40.9 Å². The Morgan fingerprint density at radius 3 is 2.38 bits per heavy atom. The molecule has 3 aromatic heterocycles. The highest BCUT2D eigenvalue weighted by atomic mass is 16.3. The number of hydrogen-bond donors (Lipinski definition) is 3. The van der Waals surface area contributed by atoms with Crippen LogP contribution in [0.5, 0.6) is 0 Å². The maximum Gasteiger partial charge on any atom is 0.254 e. The number of carbonyl (C=O) groups is 2. The largest absolute Gasteiger partial charge is 0.393 e. The van der Waals surface area contributed by atoms with Gasteiger partial charge in [0.25, 0.3) is 5.91 Å². The van der Waals surface area contributed by atoms with E-state index in [-0.39, 0.29) is 29.6 Å². The number of aromatic nitrogens is 4. The summed E-state index contributed by atoms with van der Waals surface area (Å²) in [6, 6.07) is 13.6. The first-order valence-corrected chi connectivity index (χ1v) is 13.2. The summed E-state index contributed by atoms with van der Waals surface area (Å²) in [6.45, 7) is 0.872. The molecule has 39 heavy (non-hydrogen) atoms. The summed E-state index contributed by atoms with van der Waals surface area (Å²) in [5, 5.41) is 23.7. The topological polar surface area (TPSA) is 147 Å². The lowest BCUT2D eigenvalue weighted by Gasteiger charge is -2.40. The van der Waals surface area contributed by atoms with Gasteiger partial charge < -0.3 is 20.8 Å². The Bertz CT molecular complexity index is 1540. The zero-order chi connectivity index (χ0) is 27.3. The number of benzene rings is 1. The third-order valence-corrected chi connectivity index (χ3v) is 8.04. The summed E-state index contributed by atoms with van der Waals surface area (Å²) in [4.78, 5) is 36.9. The van der Waals surface area contributed by atoms with E-state index in [4.69, 9.17) is 10.7 Å². The number of fused-ring (bicyclic) bond motifs is 3. The van der Waals surface area contributed by atoms with Gasteiger partial charge in [-0.05, 0) is 38.7 Å². The number of carbonyl (C=O) groups excluding carboxylic acids is 2. The van der Waals surface area contributed by atoms with Crippen molar-refractivity contribution in [3.05, 3.63) is 66.1 Å². The number of hydrogen-bond acceptors (Lipinski definition) is 8. The molecule has 0 saturated carbocycles. The number of amides is 1. The molecule has 3 unspecified atom stereocenters. The number of nitrogen functional groups attached to an aromatic ring is 1. The van der Waals surface area contributed by atoms with Crippen molar-refractivity contribution in [1.29, 1.82) is 0 Å². The molecule has 4 N–H and O–H groups in total. The summed E-state index contributed by atoms with van der Waals surface area (Å²) >= 11 is 0. The highest BCUT2D eigenvalue weighted by Gasteiger charge is 2.46. The first-order valence-electron chi connectivity index (χ1n) is 13.2. The van der Waals surface area contributed by atoms with Crippen LogP contribution < -0.4 is 5.73 Å². The second-order valence-electron chi connectivity index (χ2n) is 10.4. The number of nitrogens with zero attached hydrogens (tertiary/aromatic N) is 5. The minimum Gasteiger partial charge on any atom is -0.393 e. The minimum atomic E-state index is -1.42. The fourth-order valence-corrected chi connectivity index (χ4v) is 6.24. The van der Waals surface area contributed by atoms with E-state index < -0.39 is 18.6 Å². The molecule has 2 saturated heterocycles. The molecule has 6 rings (SSSR count). The summed E-state index contributed by atoms with van der Waals surface area (Å²) in [7, 11) is 0. The maximum atomic E-state index is 12.8. The van der Waals surface area contributed by atoms with Crippen LogP contribution in [0.1, 0.15) is 54.6 Å². The van der Waals surface area contributed by atoms with Gasteiger partial charge in [-0.25, -0.2) is 4.98 Å². The van der Waals surface area contributed by atoms with E-state index in [0.29, 0.717) is 29.7 Å². The Morgan fingerprint density at radius 1 is 1.05 bits per heavy atom. The molecule has 4 aromatic rings. The van der Waals surface area contributed by atoms with E-state index >= 15 is 0 Å². The molecule has 2 aliphatic heterocycles. The van der Waals surface area contributed by atoms with Gasteiger partial charge >= 0.3 is 0 Å². The number of piperidine rings is 1. The van der Waals surface area contributed by atoms with Crippen LogP contribution in [0.15, 0.2) is 54.9 Å². The van der Waals surface area contributed by atoms with Crippen molar-refractivity contribution in [2.24, 2.45) is 0 Å². The van der Waals surface area contributed by atoms with Crippen molar-refractivity contribution in [1.82, 2.24) is 24.5 Å². The Kier molecular flexibility index (Phi) is 6.36. The van der Waals surface area contributed by atoms with Gasteiger partial charge in [-0.2, -0.15) is 9.61 Å². The van der Waals surface area contributed by atoms with Crippen LogP contribution in [-0.4, -0.2) is 71.2 Å². The zero-order valence-corrected chi connectivity index (χ0v) is 21.6. The van der Waals surface area contributed by atoms with Crippen molar-refractivity contribution < 1.29 is 19.8 Å². The average Bonchev–Trinajstić information content (AvgIpc) is 3.50. The second-order valence-corrected chi connectivity index (χ2v) is 10.4. The molecular formula is C29H30N6O4. The van der Waals surface area contributed by atoms with Crippen molar-refractivity contribution in [3.63, 3.8) is 0 Å². The molecule has 10 nitrogen and oxygen atoms in total. The number of aliphatic hydroxyl groups is 2. The molecule has 0 radical (unpaired) electrons. The number of Topliss-reactive ketones (excluding diaryl/α,β-unsaturated/α-hetero) is 1. The van der Waals surface area contributed by atoms with Crippen LogP contribution in [0.2, 0.25) is 0 Å². The van der Waals surface area contributed by atoms with Crippen LogP contribution in [0, 0.1) is 0 Å². The van der Waals surface area contributed by atoms with Crippen molar-refractivity contribution in [3.8, 4) is 22.4 Å². The minimum absolute atomic E-state index is 0.0923. The normalized spacial score (nSPS) is 21.3. The van der Waals surface area contributed by atoms with Crippen LogP contribution in [0.3, 0.4) is 0 Å². The Hall–Kier alpha value is -4.15. The SMILES string of the molecule is CC(=O)c1c(C2CC3CCC(C2)N3C(=O)C(O)CO)nc2c(-c3ccc(-c4ccccc4)nc3)cnn2c1N. The standard InChI is InChI=1S/C29H30N6O4/c1-16(37)25-26(19-11-20-8-9-21(12-19)34(20)29(39)24(38)15-36)33-28-22(14-32-35(28)27(25)30)18-7-10-23(31-13-18)17-5-3-2-4-6-17/h2-7,10,13-14,19-21,24,36,38H,8-9,11-12,15,30H2,1H3. The predicted molar refractivity (Wildman–Crippen MR) is 145 cm³/mol. The van der Waals surface area contributed by atoms with Gasteiger partial charge in [0.1, 0.15) is 5.82 Å². The fraction of sp³-hybridized carbons (Fsp3) is 0.345. The van der Waals surface area contributed by atoms with Gasteiger partial charge in [-0.15, -0.1) is 0 Å². The lowest BCUT2D eigenvalue weighted by molar-refractivity contribution is -0.147. The highest BCUT2D eigenvalue weighted by Crippen LogP contribution is 2.44. The Morgan fingerprint density at radius 2 is 1.77 bits per heavy atom. The van der Waals surface area contributed by atoms with Crippen LogP contribution in [-0.2, 0) is 4.79 Å². The van der Waals surface area contributed by atoms with Gasteiger partial charge in [0.2, 0.25) is 0 Å². The van der Waals surface area contributed by atoms with E-state index in [1.54, 1.807) is 17.3 Å². The summed E-state index contributed by atoms with van der Waals surface area (Å²) in [5.74, 6) is -0.485. The Labute approximate surface area is 225 Å². The monoisotopic (exact) mass is 526 g/mol. The van der Waals surface area contributed by atoms with E-state index in [0.717, 1.165) is 35.2 Å². The number of aliphatic hydroxyl groups excluding tert-OH is 2. The second kappa shape index (κ2) is 9.87. The number of nitrogens with two attached hydrogens (primary N) is 1. The summed E-state index contributed by atoms with van der Waals surface area (Å²) in [5.41, 5.74) is 11.5. The third-order valence-electron chi connectivity index (χ3n) is 8.04. The average molecular weight is 527 g/mol. The molecule has 2 bridgehead atoms. The highest BCUT2D eigenvalue weighted by molar-refractivity contribution is 6.00. The summed E-state index contributed by atoms with van der Waals surface area (Å²) in [6.07, 6.45) is 4.85. The molecule has 0 spiro atoms. The molecule has 1 amide bonds. The number of ketones is 1. The van der Waals surface area contributed by atoms with Crippen LogP contribution in [0.4, 0.5) is 5.82 Å². The molecular weight excluding hydrogens is 496 g/mol. The van der Waals surface area contributed by atoms with Gasteiger partial charge in [-0.3, -0.25) is 14.6 Å². The van der Waals surface area contributed by atoms with E-state index in [9.17, 15) is 19.8 Å². The maximum absolute atomic E-state index is 12.8.